The highest BCUT2D eigenvalue weighted by Gasteiger charge is 2.28. The number of nitrogens with zero attached hydrogens (tertiary/aromatic N) is 5. The Morgan fingerprint density at radius 3 is 2.39 bits per heavy atom. The molecule has 284 valence electrons. The molecule has 4 aromatic rings. The summed E-state index contributed by atoms with van der Waals surface area (Å²) in [4.78, 5) is 12.9. The summed E-state index contributed by atoms with van der Waals surface area (Å²) < 4.78 is 19.0. The van der Waals surface area contributed by atoms with E-state index in [0.29, 0.717) is 58.6 Å². The molecule has 1 atom stereocenters. The number of rotatable bonds is 15. The molecule has 0 aliphatic carbocycles. The number of piperidine rings is 1. The van der Waals surface area contributed by atoms with Crippen LogP contribution in [0.25, 0.3) is 11.1 Å². The fraction of sp³-hybridized carbons (Fsp3) is 0.405. The smallest absolute Gasteiger partial charge is 0.142 e. The van der Waals surface area contributed by atoms with Crippen LogP contribution in [0.3, 0.4) is 0 Å². The first kappa shape index (κ1) is 39.0. The number of hydrogen-bond donors (Lipinski definition) is 3. The molecular weight excluding hydrogens is 706 g/mol. The third-order valence-electron chi connectivity index (χ3n) is 10.1. The van der Waals surface area contributed by atoms with Crippen molar-refractivity contribution in [3.8, 4) is 34.4 Å². The molecule has 54 heavy (non-hydrogen) atoms. The van der Waals surface area contributed by atoms with Gasteiger partial charge in [-0.1, -0.05) is 41.9 Å². The van der Waals surface area contributed by atoms with Gasteiger partial charge in [-0.15, -0.1) is 0 Å². The van der Waals surface area contributed by atoms with Gasteiger partial charge in [-0.25, -0.2) is 0 Å². The molecule has 0 radical (unpaired) electrons. The van der Waals surface area contributed by atoms with Crippen molar-refractivity contribution in [2.75, 3.05) is 45.9 Å². The first-order chi connectivity index (χ1) is 26.2. The minimum atomic E-state index is -0.823. The Morgan fingerprint density at radius 1 is 0.852 bits per heavy atom. The van der Waals surface area contributed by atoms with Gasteiger partial charge < -0.3 is 39.3 Å². The summed E-state index contributed by atoms with van der Waals surface area (Å²) in [6.45, 7) is 8.38. The Kier molecular flexibility index (Phi) is 13.4. The molecule has 0 bridgehead atoms. The lowest BCUT2D eigenvalue weighted by Crippen LogP contribution is -2.45. The molecule has 1 unspecified atom stereocenters. The lowest BCUT2D eigenvalue weighted by Gasteiger charge is -2.34. The number of pyridine rings is 1. The van der Waals surface area contributed by atoms with Crippen molar-refractivity contribution in [1.29, 1.82) is 5.26 Å². The summed E-state index contributed by atoms with van der Waals surface area (Å²) in [5, 5.41) is 40.0. The second kappa shape index (κ2) is 18.6. The molecule has 11 nitrogen and oxygen atoms in total. The van der Waals surface area contributed by atoms with E-state index < -0.39 is 6.23 Å². The van der Waals surface area contributed by atoms with Crippen molar-refractivity contribution in [1.82, 2.24) is 14.8 Å². The highest BCUT2D eigenvalue weighted by atomic mass is 35.5. The number of β-amino-alcohol motifs (C(OH)–C–C–N with tert-alkyl or cyclic N) is 1. The van der Waals surface area contributed by atoms with E-state index in [4.69, 9.17) is 25.8 Å². The van der Waals surface area contributed by atoms with E-state index >= 15 is 0 Å². The number of aliphatic imine (C=N–C) groups is 1. The van der Waals surface area contributed by atoms with E-state index in [1.807, 2.05) is 24.3 Å². The van der Waals surface area contributed by atoms with Crippen molar-refractivity contribution in [3.63, 3.8) is 0 Å². The monoisotopic (exact) mass is 753 g/mol. The van der Waals surface area contributed by atoms with E-state index in [0.717, 1.165) is 72.5 Å². The minimum absolute atomic E-state index is 0.110. The maximum absolute atomic E-state index is 10.8. The summed E-state index contributed by atoms with van der Waals surface area (Å²) in [6, 6.07) is 19.6. The summed E-state index contributed by atoms with van der Waals surface area (Å²) in [5.74, 6) is 2.15. The molecule has 0 amide bonds. The van der Waals surface area contributed by atoms with Crippen LogP contribution in [-0.4, -0.2) is 94.2 Å². The van der Waals surface area contributed by atoms with Crippen LogP contribution < -0.4 is 14.2 Å². The molecule has 2 aliphatic heterocycles. The van der Waals surface area contributed by atoms with E-state index in [1.165, 1.54) is 6.20 Å². The average molecular weight is 754 g/mol. The van der Waals surface area contributed by atoms with Crippen LogP contribution >= 0.6 is 11.6 Å². The molecule has 3 aromatic carbocycles. The van der Waals surface area contributed by atoms with Crippen LogP contribution in [-0.2, 0) is 13.2 Å². The Bertz CT molecular complexity index is 1980. The number of ether oxygens (including phenoxy) is 3. The number of benzene rings is 3. The molecule has 1 fully saturated rings. The average Bonchev–Trinajstić information content (AvgIpc) is 3.18. The maximum atomic E-state index is 10.8. The van der Waals surface area contributed by atoms with Gasteiger partial charge in [0.1, 0.15) is 48.6 Å². The largest absolute Gasteiger partial charge is 0.493 e. The van der Waals surface area contributed by atoms with Crippen molar-refractivity contribution in [3.05, 3.63) is 105 Å². The SMILES string of the molecule is Cc1c(COc2cc(OCc3cncc(C#N)c3)c(C3=NCCC(O)N3CCO)cc2Cl)cccc1-c1cccc(OCCCN2CCC(O)CC2)c1C. The minimum Gasteiger partial charge on any atom is -0.493 e. The molecule has 6 rings (SSSR count). The summed E-state index contributed by atoms with van der Waals surface area (Å²) >= 11 is 6.87. The number of nitriles is 1. The molecule has 3 N–H and O–H groups in total. The second-order valence-corrected chi connectivity index (χ2v) is 14.1. The van der Waals surface area contributed by atoms with Crippen LogP contribution in [0, 0.1) is 25.2 Å². The van der Waals surface area contributed by atoms with Gasteiger partial charge in [0.15, 0.2) is 0 Å². The van der Waals surface area contributed by atoms with E-state index in [2.05, 4.69) is 46.9 Å². The van der Waals surface area contributed by atoms with Crippen LogP contribution in [0.2, 0.25) is 5.02 Å². The topological polar surface area (TPSA) is 144 Å². The number of halogens is 1. The predicted molar refractivity (Wildman–Crippen MR) is 208 cm³/mol. The highest BCUT2D eigenvalue weighted by Crippen LogP contribution is 2.37. The normalized spacial score (nSPS) is 16.5. The Morgan fingerprint density at radius 2 is 1.61 bits per heavy atom. The number of aromatic nitrogens is 1. The van der Waals surface area contributed by atoms with Crippen molar-refractivity contribution in [2.24, 2.45) is 4.99 Å². The molecular formula is C42H48ClN5O6. The third-order valence-corrected chi connectivity index (χ3v) is 10.3. The van der Waals surface area contributed by atoms with Crippen molar-refractivity contribution in [2.45, 2.75) is 65.1 Å². The summed E-state index contributed by atoms with van der Waals surface area (Å²) in [6.07, 6.45) is 5.17. The zero-order chi connectivity index (χ0) is 38.0. The van der Waals surface area contributed by atoms with Crippen molar-refractivity contribution < 1.29 is 29.5 Å². The molecule has 3 heterocycles. The molecule has 1 saturated heterocycles. The van der Waals surface area contributed by atoms with Gasteiger partial charge in [0.25, 0.3) is 0 Å². The van der Waals surface area contributed by atoms with Gasteiger partial charge in [-0.05, 0) is 79.1 Å². The summed E-state index contributed by atoms with van der Waals surface area (Å²) in [5.41, 5.74) is 6.97. The number of amidine groups is 1. The fourth-order valence-corrected chi connectivity index (χ4v) is 7.19. The van der Waals surface area contributed by atoms with E-state index in [-0.39, 0.29) is 32.5 Å². The predicted octanol–water partition coefficient (Wildman–Crippen LogP) is 6.04. The second-order valence-electron chi connectivity index (χ2n) is 13.7. The maximum Gasteiger partial charge on any atom is 0.142 e. The first-order valence-electron chi connectivity index (χ1n) is 18.5. The van der Waals surface area contributed by atoms with E-state index in [1.54, 1.807) is 29.3 Å². The highest BCUT2D eigenvalue weighted by molar-refractivity contribution is 6.32. The molecule has 0 saturated carbocycles. The van der Waals surface area contributed by atoms with Crippen LogP contribution in [0.15, 0.2) is 72.0 Å². The van der Waals surface area contributed by atoms with Gasteiger partial charge in [0.05, 0.1) is 35.5 Å². The number of likely N-dealkylation sites (tertiary alicyclic amines) is 1. The Labute approximate surface area is 322 Å². The van der Waals surface area contributed by atoms with Crippen LogP contribution in [0.5, 0.6) is 17.2 Å². The molecule has 2 aliphatic rings. The number of aliphatic hydroxyl groups excluding tert-OH is 3. The van der Waals surface area contributed by atoms with Crippen LogP contribution in [0.1, 0.15) is 59.1 Å². The van der Waals surface area contributed by atoms with Gasteiger partial charge in [-0.2, -0.15) is 5.26 Å². The van der Waals surface area contributed by atoms with Crippen LogP contribution in [0.4, 0.5) is 0 Å². The van der Waals surface area contributed by atoms with E-state index in [9.17, 15) is 20.6 Å². The third kappa shape index (κ3) is 9.50. The lowest BCUT2D eigenvalue weighted by molar-refractivity contribution is 0.0325. The Balaban J connectivity index is 1.20. The first-order valence-corrected chi connectivity index (χ1v) is 18.9. The molecule has 12 heteroatoms. The standard InChI is InChI=1S/C42H48ClN5O6/c1-28-32(6-3-7-34(28)35-8-4-9-38(29(35)2)52-19-5-14-47-15-11-33(50)12-16-47)27-54-40-22-39(53-26-31-20-30(23-44)24-45-25-31)36(21-37(40)43)42-46-13-10-41(51)48(42)17-18-49/h3-4,6-9,20-22,24-25,33,41,49-51H,5,10-19,26-27H2,1-2H3. The fourth-order valence-electron chi connectivity index (χ4n) is 6.97. The number of hydrogen-bond acceptors (Lipinski definition) is 11. The number of aliphatic hydroxyl groups is 3. The zero-order valence-electron chi connectivity index (χ0n) is 30.9. The lowest BCUT2D eigenvalue weighted by atomic mass is 9.93. The zero-order valence-corrected chi connectivity index (χ0v) is 31.6. The Hall–Kier alpha value is -4.70. The van der Waals surface area contributed by atoms with Gasteiger partial charge in [0, 0.05) is 63.2 Å². The van der Waals surface area contributed by atoms with Gasteiger partial charge >= 0.3 is 0 Å². The van der Waals surface area contributed by atoms with Gasteiger partial charge in [0.2, 0.25) is 0 Å². The molecule has 0 spiro atoms. The quantitative estimate of drug-likeness (QED) is 0.123. The van der Waals surface area contributed by atoms with Crippen molar-refractivity contribution >= 4 is 17.4 Å². The molecule has 1 aromatic heterocycles. The summed E-state index contributed by atoms with van der Waals surface area (Å²) in [7, 11) is 0. The van der Waals surface area contributed by atoms with Gasteiger partial charge in [-0.3, -0.25) is 9.98 Å².